The SMILES string of the molecule is CCC(C)(C)C(=O)Nc1ccc(C(N)=S)cc1Cl. The number of nitrogens with one attached hydrogen (secondary N) is 1. The van der Waals surface area contributed by atoms with Crippen LogP contribution in [0.4, 0.5) is 5.69 Å². The largest absolute Gasteiger partial charge is 0.389 e. The highest BCUT2D eigenvalue weighted by Crippen LogP contribution is 2.27. The zero-order valence-corrected chi connectivity index (χ0v) is 12.3. The van der Waals surface area contributed by atoms with Crippen LogP contribution in [0.1, 0.15) is 32.8 Å². The number of nitrogens with two attached hydrogens (primary N) is 1. The summed E-state index contributed by atoms with van der Waals surface area (Å²) in [6.07, 6.45) is 0.751. The molecule has 0 aromatic heterocycles. The van der Waals surface area contributed by atoms with Gasteiger partial charge in [-0.1, -0.05) is 44.6 Å². The fraction of sp³-hybridized carbons (Fsp3) is 0.385. The summed E-state index contributed by atoms with van der Waals surface area (Å²) in [5, 5.41) is 3.24. The number of benzene rings is 1. The summed E-state index contributed by atoms with van der Waals surface area (Å²) < 4.78 is 0. The quantitative estimate of drug-likeness (QED) is 0.834. The average Bonchev–Trinajstić information content (AvgIpc) is 2.31. The monoisotopic (exact) mass is 284 g/mol. The summed E-state index contributed by atoms with van der Waals surface area (Å²) in [4.78, 5) is 12.3. The van der Waals surface area contributed by atoms with Crippen molar-refractivity contribution in [2.24, 2.45) is 11.1 Å². The van der Waals surface area contributed by atoms with Gasteiger partial charge in [-0.25, -0.2) is 0 Å². The van der Waals surface area contributed by atoms with Crippen molar-refractivity contribution in [2.45, 2.75) is 27.2 Å². The lowest BCUT2D eigenvalue weighted by Crippen LogP contribution is -2.30. The van der Waals surface area contributed by atoms with Gasteiger partial charge in [0.1, 0.15) is 4.99 Å². The molecule has 98 valence electrons. The third-order valence-corrected chi connectivity index (χ3v) is 3.55. The first kappa shape index (κ1) is 14.9. The molecular formula is C13H17ClN2OS. The van der Waals surface area contributed by atoms with Gasteiger partial charge >= 0.3 is 0 Å². The second-order valence-electron chi connectivity index (χ2n) is 4.75. The molecule has 0 heterocycles. The van der Waals surface area contributed by atoms with Crippen molar-refractivity contribution < 1.29 is 4.79 Å². The van der Waals surface area contributed by atoms with Crippen molar-refractivity contribution in [3.05, 3.63) is 28.8 Å². The molecule has 0 saturated heterocycles. The number of carbonyl (C=O) groups excluding carboxylic acids is 1. The number of halogens is 1. The van der Waals surface area contributed by atoms with Gasteiger partial charge in [0.2, 0.25) is 5.91 Å². The Labute approximate surface area is 118 Å². The summed E-state index contributed by atoms with van der Waals surface area (Å²) in [6.45, 7) is 5.75. The van der Waals surface area contributed by atoms with Crippen LogP contribution in [-0.2, 0) is 4.79 Å². The Kier molecular flexibility index (Phi) is 4.71. The van der Waals surface area contributed by atoms with Gasteiger partial charge in [0.05, 0.1) is 10.7 Å². The van der Waals surface area contributed by atoms with Crippen LogP contribution >= 0.6 is 23.8 Å². The molecule has 1 aromatic rings. The van der Waals surface area contributed by atoms with Crippen LogP contribution in [-0.4, -0.2) is 10.9 Å². The molecular weight excluding hydrogens is 268 g/mol. The molecule has 0 aliphatic heterocycles. The Morgan fingerprint density at radius 2 is 2.11 bits per heavy atom. The van der Waals surface area contributed by atoms with E-state index in [4.69, 9.17) is 29.6 Å². The van der Waals surface area contributed by atoms with Crippen LogP contribution in [0.3, 0.4) is 0 Å². The van der Waals surface area contributed by atoms with E-state index < -0.39 is 5.41 Å². The molecule has 0 radical (unpaired) electrons. The maximum atomic E-state index is 12.0. The summed E-state index contributed by atoms with van der Waals surface area (Å²) in [5.74, 6) is -0.0602. The van der Waals surface area contributed by atoms with Crippen molar-refractivity contribution in [1.29, 1.82) is 0 Å². The van der Waals surface area contributed by atoms with E-state index in [1.807, 2.05) is 20.8 Å². The molecule has 1 rings (SSSR count). The highest BCUT2D eigenvalue weighted by Gasteiger charge is 2.25. The maximum absolute atomic E-state index is 12.0. The molecule has 0 bridgehead atoms. The van der Waals surface area contributed by atoms with E-state index in [0.29, 0.717) is 16.3 Å². The van der Waals surface area contributed by atoms with E-state index in [2.05, 4.69) is 5.32 Å². The Bertz CT molecular complexity index is 486. The van der Waals surface area contributed by atoms with Gasteiger partial charge in [0.15, 0.2) is 0 Å². The number of carbonyl (C=O) groups is 1. The van der Waals surface area contributed by atoms with Crippen molar-refractivity contribution in [2.75, 3.05) is 5.32 Å². The summed E-state index contributed by atoms with van der Waals surface area (Å²) in [7, 11) is 0. The first-order chi connectivity index (χ1) is 8.27. The summed E-state index contributed by atoms with van der Waals surface area (Å²) in [5.41, 5.74) is 6.34. The highest BCUT2D eigenvalue weighted by molar-refractivity contribution is 7.80. The minimum atomic E-state index is -0.425. The molecule has 0 spiro atoms. The first-order valence-electron chi connectivity index (χ1n) is 5.68. The van der Waals surface area contributed by atoms with E-state index >= 15 is 0 Å². The number of anilines is 1. The summed E-state index contributed by atoms with van der Waals surface area (Å²) >= 11 is 10.9. The molecule has 0 fully saturated rings. The third kappa shape index (κ3) is 3.43. The smallest absolute Gasteiger partial charge is 0.230 e. The van der Waals surface area contributed by atoms with Crippen LogP contribution < -0.4 is 11.1 Å². The van der Waals surface area contributed by atoms with E-state index in [1.54, 1.807) is 18.2 Å². The predicted octanol–water partition coefficient (Wildman–Crippen LogP) is 3.35. The Balaban J connectivity index is 2.93. The first-order valence-corrected chi connectivity index (χ1v) is 6.47. The Morgan fingerprint density at radius 3 is 2.56 bits per heavy atom. The number of hydrogen-bond acceptors (Lipinski definition) is 2. The topological polar surface area (TPSA) is 55.1 Å². The fourth-order valence-electron chi connectivity index (χ4n) is 1.22. The van der Waals surface area contributed by atoms with Crippen LogP contribution in [0, 0.1) is 5.41 Å². The highest BCUT2D eigenvalue weighted by atomic mass is 35.5. The summed E-state index contributed by atoms with van der Waals surface area (Å²) in [6, 6.07) is 5.10. The molecule has 1 aromatic carbocycles. The molecule has 3 N–H and O–H groups in total. The Morgan fingerprint density at radius 1 is 1.50 bits per heavy atom. The standard InChI is InChI=1S/C13H17ClN2OS/c1-4-13(2,3)12(17)16-10-6-5-8(11(15)18)7-9(10)14/h5-7H,4H2,1-3H3,(H2,15,18)(H,16,17). The van der Waals surface area contributed by atoms with E-state index in [1.165, 1.54) is 0 Å². The van der Waals surface area contributed by atoms with Crippen LogP contribution in [0.2, 0.25) is 5.02 Å². The van der Waals surface area contributed by atoms with Crippen LogP contribution in [0.15, 0.2) is 18.2 Å². The van der Waals surface area contributed by atoms with Crippen molar-refractivity contribution in [3.63, 3.8) is 0 Å². The average molecular weight is 285 g/mol. The van der Waals surface area contributed by atoms with Crippen molar-refractivity contribution in [1.82, 2.24) is 0 Å². The molecule has 0 aliphatic carbocycles. The minimum Gasteiger partial charge on any atom is -0.389 e. The van der Waals surface area contributed by atoms with Crippen LogP contribution in [0.25, 0.3) is 0 Å². The van der Waals surface area contributed by atoms with Crippen molar-refractivity contribution >= 4 is 40.4 Å². The molecule has 0 aliphatic rings. The lowest BCUT2D eigenvalue weighted by atomic mass is 9.89. The molecule has 0 atom stereocenters. The maximum Gasteiger partial charge on any atom is 0.230 e. The molecule has 18 heavy (non-hydrogen) atoms. The normalized spacial score (nSPS) is 11.1. The molecule has 1 amide bonds. The number of thiocarbonyl (C=S) groups is 1. The minimum absolute atomic E-state index is 0.0602. The lowest BCUT2D eigenvalue weighted by Gasteiger charge is -2.22. The van der Waals surface area contributed by atoms with Gasteiger partial charge in [-0.15, -0.1) is 0 Å². The van der Waals surface area contributed by atoms with E-state index in [9.17, 15) is 4.79 Å². The molecule has 3 nitrogen and oxygen atoms in total. The number of hydrogen-bond donors (Lipinski definition) is 2. The fourth-order valence-corrected chi connectivity index (χ4v) is 1.58. The number of rotatable bonds is 4. The lowest BCUT2D eigenvalue weighted by molar-refractivity contribution is -0.124. The molecule has 0 unspecified atom stereocenters. The second-order valence-corrected chi connectivity index (χ2v) is 5.60. The van der Waals surface area contributed by atoms with Gasteiger partial charge in [-0.3, -0.25) is 4.79 Å². The Hall–Kier alpha value is -1.13. The second kappa shape index (κ2) is 5.67. The molecule has 0 saturated carbocycles. The van der Waals surface area contributed by atoms with Crippen LogP contribution in [0.5, 0.6) is 0 Å². The van der Waals surface area contributed by atoms with E-state index in [-0.39, 0.29) is 10.9 Å². The van der Waals surface area contributed by atoms with Gasteiger partial charge in [-0.05, 0) is 24.6 Å². The third-order valence-electron chi connectivity index (χ3n) is 3.00. The van der Waals surface area contributed by atoms with Gasteiger partial charge < -0.3 is 11.1 Å². The predicted molar refractivity (Wildman–Crippen MR) is 80.0 cm³/mol. The van der Waals surface area contributed by atoms with E-state index in [0.717, 1.165) is 6.42 Å². The van der Waals surface area contributed by atoms with Gasteiger partial charge in [-0.2, -0.15) is 0 Å². The molecule has 5 heteroatoms. The van der Waals surface area contributed by atoms with Crippen molar-refractivity contribution in [3.8, 4) is 0 Å². The number of amides is 1. The zero-order valence-electron chi connectivity index (χ0n) is 10.7. The van der Waals surface area contributed by atoms with Gasteiger partial charge in [0, 0.05) is 11.0 Å². The zero-order chi connectivity index (χ0) is 13.9. The van der Waals surface area contributed by atoms with Gasteiger partial charge in [0.25, 0.3) is 0 Å².